The van der Waals surface area contributed by atoms with Crippen LogP contribution in [-0.2, 0) is 4.79 Å². The first-order valence-electron chi connectivity index (χ1n) is 4.51. The first-order valence-corrected chi connectivity index (χ1v) is 4.51. The summed E-state index contributed by atoms with van der Waals surface area (Å²) in [6, 6.07) is 0. The molecule has 1 saturated carbocycles. The van der Waals surface area contributed by atoms with Crippen molar-refractivity contribution < 1.29 is 4.79 Å². The fraction of sp³-hybridized carbons (Fsp3) is 0.700. The summed E-state index contributed by atoms with van der Waals surface area (Å²) < 4.78 is 0. The number of hydrogen-bond donors (Lipinski definition) is 0. The zero-order valence-corrected chi connectivity index (χ0v) is 7.18. The molecule has 0 saturated heterocycles. The van der Waals surface area contributed by atoms with Crippen LogP contribution in [0.3, 0.4) is 0 Å². The molecule has 0 spiro atoms. The van der Waals surface area contributed by atoms with E-state index in [4.69, 9.17) is 0 Å². The van der Waals surface area contributed by atoms with Crippen molar-refractivity contribution in [2.24, 2.45) is 5.92 Å². The predicted octanol–water partition coefficient (Wildman–Crippen LogP) is 2.71. The van der Waals surface area contributed by atoms with Crippen molar-refractivity contribution in [2.75, 3.05) is 0 Å². The van der Waals surface area contributed by atoms with Crippen LogP contribution in [0.4, 0.5) is 0 Å². The number of allylic oxidation sites excluding steroid dienone is 2. The normalized spacial score (nSPS) is 20.8. The van der Waals surface area contributed by atoms with E-state index in [0.29, 0.717) is 11.7 Å². The lowest BCUT2D eigenvalue weighted by Crippen LogP contribution is -2.15. The smallest absolute Gasteiger partial charge is 0.158 e. The lowest BCUT2D eigenvalue weighted by Gasteiger charge is -2.18. The van der Waals surface area contributed by atoms with E-state index in [1.807, 2.05) is 13.0 Å². The molecule has 0 heterocycles. The number of carbonyl (C=O) groups is 1. The number of carbonyl (C=O) groups excluding carboxylic acids is 1. The average molecular weight is 152 g/mol. The molecule has 0 radical (unpaired) electrons. The zero-order chi connectivity index (χ0) is 8.10. The predicted molar refractivity (Wildman–Crippen MR) is 46.4 cm³/mol. The minimum absolute atomic E-state index is 0.340. The molecule has 1 nitrogen and oxygen atoms in total. The molecule has 1 rings (SSSR count). The third-order valence-electron chi connectivity index (χ3n) is 2.34. The molecule has 1 aliphatic rings. The summed E-state index contributed by atoms with van der Waals surface area (Å²) in [5.41, 5.74) is 0. The second kappa shape index (κ2) is 4.32. The van der Waals surface area contributed by atoms with Crippen molar-refractivity contribution in [1.82, 2.24) is 0 Å². The second-order valence-electron chi connectivity index (χ2n) is 3.24. The fourth-order valence-corrected chi connectivity index (χ4v) is 1.69. The van der Waals surface area contributed by atoms with Gasteiger partial charge >= 0.3 is 0 Å². The molecule has 0 aromatic carbocycles. The van der Waals surface area contributed by atoms with E-state index in [1.165, 1.54) is 19.3 Å². The van der Waals surface area contributed by atoms with Crippen molar-refractivity contribution in [3.8, 4) is 0 Å². The molecule has 0 amide bonds. The van der Waals surface area contributed by atoms with Gasteiger partial charge in [-0.05, 0) is 25.8 Å². The summed E-state index contributed by atoms with van der Waals surface area (Å²) in [6.07, 6.45) is 9.60. The Kier molecular flexibility index (Phi) is 3.34. The molecule has 0 aliphatic heterocycles. The van der Waals surface area contributed by atoms with Crippen LogP contribution in [-0.4, -0.2) is 5.78 Å². The van der Waals surface area contributed by atoms with Gasteiger partial charge in [-0.25, -0.2) is 0 Å². The Labute approximate surface area is 68.5 Å². The van der Waals surface area contributed by atoms with E-state index in [-0.39, 0.29) is 0 Å². The van der Waals surface area contributed by atoms with Gasteiger partial charge in [-0.15, -0.1) is 0 Å². The second-order valence-corrected chi connectivity index (χ2v) is 3.24. The van der Waals surface area contributed by atoms with Gasteiger partial charge in [-0.1, -0.05) is 25.3 Å². The van der Waals surface area contributed by atoms with Gasteiger partial charge in [0.05, 0.1) is 0 Å². The molecule has 0 bridgehead atoms. The maximum Gasteiger partial charge on any atom is 0.158 e. The van der Waals surface area contributed by atoms with E-state index < -0.39 is 0 Å². The van der Waals surface area contributed by atoms with Crippen molar-refractivity contribution in [3.05, 3.63) is 12.2 Å². The molecule has 0 aromatic rings. The highest BCUT2D eigenvalue weighted by Gasteiger charge is 2.18. The Morgan fingerprint density at radius 2 is 1.91 bits per heavy atom. The highest BCUT2D eigenvalue weighted by Crippen LogP contribution is 2.24. The third kappa shape index (κ3) is 2.49. The molecule has 1 aliphatic carbocycles. The van der Waals surface area contributed by atoms with Crippen LogP contribution in [0, 0.1) is 5.92 Å². The van der Waals surface area contributed by atoms with Gasteiger partial charge in [0.1, 0.15) is 0 Å². The van der Waals surface area contributed by atoms with Gasteiger partial charge < -0.3 is 0 Å². The highest BCUT2D eigenvalue weighted by atomic mass is 16.1. The Hall–Kier alpha value is -0.590. The molecule has 0 aromatic heterocycles. The van der Waals surface area contributed by atoms with Gasteiger partial charge in [0.15, 0.2) is 5.78 Å². The first kappa shape index (κ1) is 8.51. The molecule has 1 fully saturated rings. The van der Waals surface area contributed by atoms with Crippen molar-refractivity contribution >= 4 is 5.78 Å². The SMILES string of the molecule is CC=CC(=O)C1CCCCC1. The molecular weight excluding hydrogens is 136 g/mol. The largest absolute Gasteiger partial charge is 0.295 e. The standard InChI is InChI=1S/C10H16O/c1-2-6-10(11)9-7-4-3-5-8-9/h2,6,9H,3-5,7-8H2,1H3. The minimum Gasteiger partial charge on any atom is -0.295 e. The first-order chi connectivity index (χ1) is 5.34. The lowest BCUT2D eigenvalue weighted by molar-refractivity contribution is -0.119. The number of rotatable bonds is 2. The van der Waals surface area contributed by atoms with Crippen LogP contribution in [0.25, 0.3) is 0 Å². The highest BCUT2D eigenvalue weighted by molar-refractivity contribution is 5.91. The van der Waals surface area contributed by atoms with Crippen molar-refractivity contribution in [2.45, 2.75) is 39.0 Å². The Morgan fingerprint density at radius 3 is 2.45 bits per heavy atom. The van der Waals surface area contributed by atoms with Gasteiger partial charge in [0, 0.05) is 5.92 Å². The Bertz CT molecular complexity index is 152. The summed E-state index contributed by atoms with van der Waals surface area (Å²) in [5.74, 6) is 0.687. The van der Waals surface area contributed by atoms with Crippen LogP contribution in [0.2, 0.25) is 0 Å². The van der Waals surface area contributed by atoms with Crippen LogP contribution < -0.4 is 0 Å². The molecule has 0 atom stereocenters. The molecule has 0 unspecified atom stereocenters. The quantitative estimate of drug-likeness (QED) is 0.556. The fourth-order valence-electron chi connectivity index (χ4n) is 1.69. The molecule has 1 heteroatoms. The summed E-state index contributed by atoms with van der Waals surface area (Å²) in [5, 5.41) is 0. The van der Waals surface area contributed by atoms with Crippen LogP contribution in [0.5, 0.6) is 0 Å². The van der Waals surface area contributed by atoms with Crippen molar-refractivity contribution in [1.29, 1.82) is 0 Å². The summed E-state index contributed by atoms with van der Waals surface area (Å²) in [4.78, 5) is 11.3. The maximum atomic E-state index is 11.3. The van der Waals surface area contributed by atoms with Crippen LogP contribution in [0.15, 0.2) is 12.2 Å². The van der Waals surface area contributed by atoms with E-state index in [1.54, 1.807) is 6.08 Å². The van der Waals surface area contributed by atoms with E-state index in [0.717, 1.165) is 12.8 Å². The monoisotopic (exact) mass is 152 g/mol. The van der Waals surface area contributed by atoms with E-state index >= 15 is 0 Å². The summed E-state index contributed by atoms with van der Waals surface area (Å²) >= 11 is 0. The number of hydrogen-bond acceptors (Lipinski definition) is 1. The molecule has 0 N–H and O–H groups in total. The van der Waals surface area contributed by atoms with E-state index in [2.05, 4.69) is 0 Å². The molecule has 62 valence electrons. The summed E-state index contributed by atoms with van der Waals surface area (Å²) in [6.45, 7) is 1.90. The van der Waals surface area contributed by atoms with Gasteiger partial charge in [-0.3, -0.25) is 4.79 Å². The van der Waals surface area contributed by atoms with Gasteiger partial charge in [0.2, 0.25) is 0 Å². The number of ketones is 1. The maximum absolute atomic E-state index is 11.3. The zero-order valence-electron chi connectivity index (χ0n) is 7.18. The van der Waals surface area contributed by atoms with Gasteiger partial charge in [0.25, 0.3) is 0 Å². The summed E-state index contributed by atoms with van der Waals surface area (Å²) in [7, 11) is 0. The molecule has 11 heavy (non-hydrogen) atoms. The van der Waals surface area contributed by atoms with Crippen LogP contribution in [0.1, 0.15) is 39.0 Å². The minimum atomic E-state index is 0.340. The Balaban J connectivity index is 2.38. The Morgan fingerprint density at radius 1 is 1.27 bits per heavy atom. The van der Waals surface area contributed by atoms with E-state index in [9.17, 15) is 4.79 Å². The topological polar surface area (TPSA) is 17.1 Å². The third-order valence-corrected chi connectivity index (χ3v) is 2.34. The van der Waals surface area contributed by atoms with Crippen molar-refractivity contribution in [3.63, 3.8) is 0 Å². The molecular formula is C10H16O. The lowest BCUT2D eigenvalue weighted by atomic mass is 9.86. The van der Waals surface area contributed by atoms with Gasteiger partial charge in [-0.2, -0.15) is 0 Å². The van der Waals surface area contributed by atoms with Crippen LogP contribution >= 0.6 is 0 Å². The average Bonchev–Trinajstić information content (AvgIpc) is 2.07.